The number of phenolic OH excluding ortho intramolecular Hbond substituents is 2. The second-order valence-corrected chi connectivity index (χ2v) is 4.64. The fourth-order valence-corrected chi connectivity index (χ4v) is 2.02. The van der Waals surface area contributed by atoms with Gasteiger partial charge >= 0.3 is 5.63 Å². The van der Waals surface area contributed by atoms with Crippen molar-refractivity contribution in [2.45, 2.75) is 0 Å². The van der Waals surface area contributed by atoms with Crippen LogP contribution in [0.3, 0.4) is 0 Å². The van der Waals surface area contributed by atoms with E-state index in [1.165, 1.54) is 24.3 Å². The van der Waals surface area contributed by atoms with E-state index in [0.29, 0.717) is 11.0 Å². The highest BCUT2D eigenvalue weighted by Gasteiger charge is 2.14. The molecule has 0 saturated heterocycles. The molecular weight excluding hydrogens is 286 g/mol. The van der Waals surface area contributed by atoms with E-state index in [1.54, 1.807) is 24.3 Å². The number of amides is 1. The van der Waals surface area contributed by atoms with Crippen LogP contribution < -0.4 is 10.9 Å². The molecule has 0 saturated carbocycles. The smallest absolute Gasteiger partial charge is 0.349 e. The van der Waals surface area contributed by atoms with E-state index in [4.69, 9.17) is 4.42 Å². The summed E-state index contributed by atoms with van der Waals surface area (Å²) >= 11 is 0. The third-order valence-corrected chi connectivity index (χ3v) is 3.12. The topological polar surface area (TPSA) is 99.8 Å². The van der Waals surface area contributed by atoms with Crippen molar-refractivity contribution in [1.82, 2.24) is 0 Å². The molecule has 0 aliphatic heterocycles. The molecule has 2 aromatic carbocycles. The van der Waals surface area contributed by atoms with Gasteiger partial charge in [-0.15, -0.1) is 0 Å². The van der Waals surface area contributed by atoms with Crippen LogP contribution in [0, 0.1) is 0 Å². The molecule has 1 aromatic heterocycles. The first kappa shape index (κ1) is 13.7. The number of hydrogen-bond donors (Lipinski definition) is 3. The fourth-order valence-electron chi connectivity index (χ4n) is 2.02. The Morgan fingerprint density at radius 2 is 1.77 bits per heavy atom. The molecule has 0 aliphatic carbocycles. The van der Waals surface area contributed by atoms with Crippen LogP contribution in [0.15, 0.2) is 57.7 Å². The Bertz CT molecular complexity index is 929. The lowest BCUT2D eigenvalue weighted by atomic mass is 10.1. The Morgan fingerprint density at radius 3 is 2.55 bits per heavy atom. The molecule has 0 spiro atoms. The Kier molecular flexibility index (Phi) is 3.27. The number of aromatic hydroxyl groups is 2. The van der Waals surface area contributed by atoms with Crippen LogP contribution >= 0.6 is 0 Å². The van der Waals surface area contributed by atoms with Crippen molar-refractivity contribution in [3.05, 3.63) is 64.5 Å². The van der Waals surface area contributed by atoms with E-state index in [0.717, 1.165) is 0 Å². The number of rotatable bonds is 2. The molecule has 0 radical (unpaired) electrons. The quantitative estimate of drug-likeness (QED) is 0.383. The molecule has 0 unspecified atom stereocenters. The zero-order valence-corrected chi connectivity index (χ0v) is 11.2. The van der Waals surface area contributed by atoms with Crippen molar-refractivity contribution in [3.63, 3.8) is 0 Å². The second kappa shape index (κ2) is 5.25. The third-order valence-electron chi connectivity index (χ3n) is 3.12. The van der Waals surface area contributed by atoms with Crippen LogP contribution in [0.2, 0.25) is 0 Å². The summed E-state index contributed by atoms with van der Waals surface area (Å²) in [4.78, 5) is 24.0. The van der Waals surface area contributed by atoms with Crippen molar-refractivity contribution in [2.75, 3.05) is 5.32 Å². The van der Waals surface area contributed by atoms with Gasteiger partial charge in [0.05, 0.1) is 0 Å². The van der Waals surface area contributed by atoms with Gasteiger partial charge in [-0.05, 0) is 24.3 Å². The lowest BCUT2D eigenvalue weighted by Crippen LogP contribution is -2.20. The number of fused-ring (bicyclic) bond motifs is 1. The zero-order chi connectivity index (χ0) is 15.7. The van der Waals surface area contributed by atoms with Gasteiger partial charge in [0, 0.05) is 17.1 Å². The summed E-state index contributed by atoms with van der Waals surface area (Å²) < 4.78 is 5.09. The van der Waals surface area contributed by atoms with Gasteiger partial charge in [0.2, 0.25) is 0 Å². The number of nitrogens with one attached hydrogen (secondary N) is 1. The van der Waals surface area contributed by atoms with Crippen LogP contribution in [-0.4, -0.2) is 16.1 Å². The van der Waals surface area contributed by atoms with E-state index in [-0.39, 0.29) is 22.7 Å². The molecule has 1 heterocycles. The fraction of sp³-hybridized carbons (Fsp3) is 0. The molecule has 22 heavy (non-hydrogen) atoms. The number of benzene rings is 2. The van der Waals surface area contributed by atoms with Crippen molar-refractivity contribution in [2.24, 2.45) is 0 Å². The summed E-state index contributed by atoms with van der Waals surface area (Å²) in [6.07, 6.45) is 0. The Morgan fingerprint density at radius 1 is 1.00 bits per heavy atom. The van der Waals surface area contributed by atoms with Gasteiger partial charge in [-0.1, -0.05) is 18.2 Å². The molecule has 3 rings (SSSR count). The van der Waals surface area contributed by atoms with Crippen molar-refractivity contribution in [3.8, 4) is 11.5 Å². The average Bonchev–Trinajstić information content (AvgIpc) is 2.50. The number of phenols is 2. The van der Waals surface area contributed by atoms with Crippen LogP contribution in [0.4, 0.5) is 5.69 Å². The minimum absolute atomic E-state index is 0.147. The maximum atomic E-state index is 12.2. The number of para-hydroxylation sites is 1. The molecule has 0 aliphatic rings. The van der Waals surface area contributed by atoms with Gasteiger partial charge in [0.15, 0.2) is 11.5 Å². The molecule has 0 bridgehead atoms. The molecule has 3 aromatic rings. The maximum Gasteiger partial charge on any atom is 0.349 e. The highest BCUT2D eigenvalue weighted by molar-refractivity contribution is 6.05. The van der Waals surface area contributed by atoms with Gasteiger partial charge < -0.3 is 19.9 Å². The number of hydrogen-bond acceptors (Lipinski definition) is 5. The summed E-state index contributed by atoms with van der Waals surface area (Å²) in [7, 11) is 0. The largest absolute Gasteiger partial charge is 0.504 e. The predicted molar refractivity (Wildman–Crippen MR) is 80.2 cm³/mol. The highest BCUT2D eigenvalue weighted by Crippen LogP contribution is 2.27. The average molecular weight is 297 g/mol. The first-order valence-corrected chi connectivity index (χ1v) is 6.41. The van der Waals surface area contributed by atoms with Crippen molar-refractivity contribution >= 4 is 22.6 Å². The van der Waals surface area contributed by atoms with Gasteiger partial charge in [-0.2, -0.15) is 0 Å². The van der Waals surface area contributed by atoms with Gasteiger partial charge in [-0.3, -0.25) is 4.79 Å². The Balaban J connectivity index is 1.96. The van der Waals surface area contributed by atoms with E-state index in [2.05, 4.69) is 5.32 Å². The number of anilines is 1. The van der Waals surface area contributed by atoms with Crippen LogP contribution in [0.25, 0.3) is 11.0 Å². The Labute approximate surface area is 124 Å². The molecule has 3 N–H and O–H groups in total. The van der Waals surface area contributed by atoms with Crippen LogP contribution in [-0.2, 0) is 0 Å². The molecule has 110 valence electrons. The van der Waals surface area contributed by atoms with Gasteiger partial charge in [0.25, 0.3) is 5.91 Å². The first-order valence-electron chi connectivity index (χ1n) is 6.41. The minimum atomic E-state index is -0.751. The summed E-state index contributed by atoms with van der Waals surface area (Å²) in [5.41, 5.74) is -0.260. The van der Waals surface area contributed by atoms with E-state index < -0.39 is 11.5 Å². The summed E-state index contributed by atoms with van der Waals surface area (Å²) in [5, 5.41) is 21.7. The molecule has 1 amide bonds. The summed E-state index contributed by atoms with van der Waals surface area (Å²) in [6.45, 7) is 0. The Hall–Kier alpha value is -3.28. The first-order chi connectivity index (χ1) is 10.5. The maximum absolute atomic E-state index is 12.2. The zero-order valence-electron chi connectivity index (χ0n) is 11.2. The lowest BCUT2D eigenvalue weighted by Gasteiger charge is -2.06. The van der Waals surface area contributed by atoms with Crippen LogP contribution in [0.5, 0.6) is 11.5 Å². The van der Waals surface area contributed by atoms with Crippen molar-refractivity contribution in [1.29, 1.82) is 0 Å². The SMILES string of the molecule is O=C(Nc1ccc(O)c(O)c1)c1cc2ccccc2oc1=O. The lowest BCUT2D eigenvalue weighted by molar-refractivity contribution is 0.102. The summed E-state index contributed by atoms with van der Waals surface area (Å²) in [6, 6.07) is 12.1. The molecule has 6 nitrogen and oxygen atoms in total. The standard InChI is InChI=1S/C16H11NO5/c18-12-6-5-10(8-13(12)19)17-15(20)11-7-9-3-1-2-4-14(9)22-16(11)21/h1-8,18-19H,(H,17,20). The summed E-state index contributed by atoms with van der Waals surface area (Å²) in [5.74, 6) is -1.34. The second-order valence-electron chi connectivity index (χ2n) is 4.64. The normalized spacial score (nSPS) is 10.5. The van der Waals surface area contributed by atoms with E-state index >= 15 is 0 Å². The number of carbonyl (C=O) groups is 1. The third kappa shape index (κ3) is 2.49. The van der Waals surface area contributed by atoms with Gasteiger partial charge in [-0.25, -0.2) is 4.79 Å². The van der Waals surface area contributed by atoms with E-state index in [9.17, 15) is 19.8 Å². The number of carbonyl (C=O) groups excluding carboxylic acids is 1. The molecule has 0 fully saturated rings. The van der Waals surface area contributed by atoms with E-state index in [1.807, 2.05) is 0 Å². The molecule has 6 heteroatoms. The van der Waals surface area contributed by atoms with Crippen LogP contribution in [0.1, 0.15) is 10.4 Å². The van der Waals surface area contributed by atoms with Crippen molar-refractivity contribution < 1.29 is 19.4 Å². The molecular formula is C16H11NO5. The monoisotopic (exact) mass is 297 g/mol. The van der Waals surface area contributed by atoms with Gasteiger partial charge in [0.1, 0.15) is 11.1 Å². The predicted octanol–water partition coefficient (Wildman–Crippen LogP) is 2.46. The highest BCUT2D eigenvalue weighted by atomic mass is 16.4. The minimum Gasteiger partial charge on any atom is -0.504 e. The molecule has 0 atom stereocenters.